The molecule has 2 aromatic rings. The third kappa shape index (κ3) is 3.31. The number of hydrogen-bond acceptors (Lipinski definition) is 3. The molecule has 0 fully saturated rings. The fraction of sp³-hybridized carbons (Fsp3) is 0.562. The van der Waals surface area contributed by atoms with Crippen LogP contribution in [0.1, 0.15) is 56.9 Å². The summed E-state index contributed by atoms with van der Waals surface area (Å²) in [4.78, 5) is 0. The molecule has 0 radical (unpaired) electrons. The Morgan fingerprint density at radius 1 is 1.20 bits per heavy atom. The fourth-order valence-corrected chi connectivity index (χ4v) is 2.37. The first-order valence-electron chi connectivity index (χ1n) is 7.63. The van der Waals surface area contributed by atoms with E-state index in [9.17, 15) is 0 Å². The molecule has 2 heterocycles. The number of nitrogens with zero attached hydrogens (tertiary/aromatic N) is 2. The van der Waals surface area contributed by atoms with Gasteiger partial charge in [-0.2, -0.15) is 5.10 Å². The van der Waals surface area contributed by atoms with Gasteiger partial charge in [0.05, 0.1) is 5.69 Å². The van der Waals surface area contributed by atoms with Gasteiger partial charge in [-0.25, -0.2) is 0 Å². The molecule has 110 valence electrons. The van der Waals surface area contributed by atoms with E-state index in [1.54, 1.807) is 0 Å². The summed E-state index contributed by atoms with van der Waals surface area (Å²) in [5.41, 5.74) is 1.18. The molecule has 1 N–H and O–H groups in total. The molecular weight excluding hydrogens is 250 g/mol. The predicted molar refractivity (Wildman–Crippen MR) is 80.7 cm³/mol. The molecule has 0 amide bonds. The molecule has 0 aliphatic heterocycles. The maximum Gasteiger partial charge on any atom is 0.127 e. The number of furan rings is 1. The quantitative estimate of drug-likeness (QED) is 0.801. The molecule has 20 heavy (non-hydrogen) atoms. The lowest BCUT2D eigenvalue weighted by molar-refractivity contribution is 0.405. The average molecular weight is 275 g/mol. The van der Waals surface area contributed by atoms with Crippen LogP contribution < -0.4 is 5.32 Å². The lowest BCUT2D eigenvalue weighted by Crippen LogP contribution is -2.25. The summed E-state index contributed by atoms with van der Waals surface area (Å²) in [5.74, 6) is 2.01. The van der Waals surface area contributed by atoms with Crippen LogP contribution in [-0.4, -0.2) is 16.3 Å². The third-order valence-corrected chi connectivity index (χ3v) is 3.39. The normalized spacial score (nSPS) is 12.8. The van der Waals surface area contributed by atoms with E-state index < -0.39 is 0 Å². The van der Waals surface area contributed by atoms with Crippen LogP contribution in [0.5, 0.6) is 0 Å². The third-order valence-electron chi connectivity index (χ3n) is 3.39. The molecule has 0 spiro atoms. The molecule has 0 aliphatic rings. The summed E-state index contributed by atoms with van der Waals surface area (Å²) in [5, 5.41) is 7.99. The average Bonchev–Trinajstić information content (AvgIpc) is 3.10. The van der Waals surface area contributed by atoms with Crippen molar-refractivity contribution in [1.82, 2.24) is 15.1 Å². The molecule has 0 aliphatic carbocycles. The van der Waals surface area contributed by atoms with Gasteiger partial charge in [0, 0.05) is 19.2 Å². The van der Waals surface area contributed by atoms with Crippen molar-refractivity contribution in [2.75, 3.05) is 6.54 Å². The fourth-order valence-electron chi connectivity index (χ4n) is 2.37. The van der Waals surface area contributed by atoms with Crippen LogP contribution in [-0.2, 0) is 13.0 Å². The zero-order chi connectivity index (χ0) is 14.4. The molecule has 4 heteroatoms. The zero-order valence-electron chi connectivity index (χ0n) is 12.7. The van der Waals surface area contributed by atoms with E-state index in [0.717, 1.165) is 43.9 Å². The minimum Gasteiger partial charge on any atom is -0.464 e. The van der Waals surface area contributed by atoms with Crippen molar-refractivity contribution >= 4 is 0 Å². The van der Waals surface area contributed by atoms with Gasteiger partial charge in [0.25, 0.3) is 0 Å². The minimum absolute atomic E-state index is 0.0873. The van der Waals surface area contributed by atoms with Gasteiger partial charge in [0.15, 0.2) is 0 Å². The van der Waals surface area contributed by atoms with Crippen molar-refractivity contribution in [3.63, 3.8) is 0 Å². The van der Waals surface area contributed by atoms with Gasteiger partial charge in [0.2, 0.25) is 0 Å². The van der Waals surface area contributed by atoms with Crippen molar-refractivity contribution in [2.24, 2.45) is 0 Å². The van der Waals surface area contributed by atoms with E-state index >= 15 is 0 Å². The summed E-state index contributed by atoms with van der Waals surface area (Å²) in [7, 11) is 0. The standard InChI is InChI=1S/C16H25N3O/c1-4-10-17-16(15-8-7-13(6-3)20-15)14-9-11-18-19(14)12-5-2/h7-9,11,16-17H,4-6,10,12H2,1-3H3. The Bertz CT molecular complexity index is 515. The summed E-state index contributed by atoms with van der Waals surface area (Å²) in [6.45, 7) is 8.35. The second-order valence-corrected chi connectivity index (χ2v) is 5.02. The van der Waals surface area contributed by atoms with E-state index in [0.29, 0.717) is 0 Å². The van der Waals surface area contributed by atoms with Gasteiger partial charge in [-0.1, -0.05) is 20.8 Å². The topological polar surface area (TPSA) is 43.0 Å². The van der Waals surface area contributed by atoms with Crippen molar-refractivity contribution in [2.45, 2.75) is 52.6 Å². The first-order valence-corrected chi connectivity index (χ1v) is 7.63. The number of aromatic nitrogens is 2. The monoisotopic (exact) mass is 275 g/mol. The Labute approximate surface area is 121 Å². The molecule has 2 aromatic heterocycles. The Morgan fingerprint density at radius 2 is 2.05 bits per heavy atom. The number of aryl methyl sites for hydroxylation is 2. The number of rotatable bonds is 8. The molecule has 0 saturated heterocycles. The van der Waals surface area contributed by atoms with Gasteiger partial charge in [-0.15, -0.1) is 0 Å². The van der Waals surface area contributed by atoms with Crippen molar-refractivity contribution in [3.8, 4) is 0 Å². The van der Waals surface area contributed by atoms with Crippen molar-refractivity contribution in [3.05, 3.63) is 41.6 Å². The van der Waals surface area contributed by atoms with E-state index in [-0.39, 0.29) is 6.04 Å². The summed E-state index contributed by atoms with van der Waals surface area (Å²) < 4.78 is 8.02. The van der Waals surface area contributed by atoms with Gasteiger partial charge in [0.1, 0.15) is 17.6 Å². The summed E-state index contributed by atoms with van der Waals surface area (Å²) in [6, 6.07) is 6.31. The first-order chi connectivity index (χ1) is 9.80. The van der Waals surface area contributed by atoms with Crippen molar-refractivity contribution < 1.29 is 4.42 Å². The maximum absolute atomic E-state index is 5.95. The highest BCUT2D eigenvalue weighted by molar-refractivity contribution is 5.21. The summed E-state index contributed by atoms with van der Waals surface area (Å²) >= 11 is 0. The molecule has 0 saturated carbocycles. The van der Waals surface area contributed by atoms with E-state index in [1.807, 2.05) is 6.20 Å². The number of nitrogens with one attached hydrogen (secondary N) is 1. The highest BCUT2D eigenvalue weighted by atomic mass is 16.3. The van der Waals surface area contributed by atoms with E-state index in [2.05, 4.69) is 54.1 Å². The van der Waals surface area contributed by atoms with Gasteiger partial charge >= 0.3 is 0 Å². The SMILES string of the molecule is CCCNC(c1ccc(CC)o1)c1ccnn1CCC. The lowest BCUT2D eigenvalue weighted by Gasteiger charge is -2.18. The summed E-state index contributed by atoms with van der Waals surface area (Å²) in [6.07, 6.45) is 4.97. The molecule has 1 unspecified atom stereocenters. The highest BCUT2D eigenvalue weighted by Crippen LogP contribution is 2.24. The second-order valence-electron chi connectivity index (χ2n) is 5.02. The Hall–Kier alpha value is -1.55. The van der Waals surface area contributed by atoms with Crippen LogP contribution in [0.2, 0.25) is 0 Å². The van der Waals surface area contributed by atoms with Crippen LogP contribution in [0.4, 0.5) is 0 Å². The van der Waals surface area contributed by atoms with E-state index in [4.69, 9.17) is 4.42 Å². The molecule has 0 bridgehead atoms. The first kappa shape index (κ1) is 14.9. The van der Waals surface area contributed by atoms with Gasteiger partial charge in [-0.3, -0.25) is 4.68 Å². The predicted octanol–water partition coefficient (Wildman–Crippen LogP) is 3.54. The minimum atomic E-state index is 0.0873. The van der Waals surface area contributed by atoms with Gasteiger partial charge < -0.3 is 9.73 Å². The van der Waals surface area contributed by atoms with Crippen LogP contribution in [0, 0.1) is 0 Å². The van der Waals surface area contributed by atoms with Crippen LogP contribution in [0.15, 0.2) is 28.8 Å². The molecule has 1 atom stereocenters. The van der Waals surface area contributed by atoms with Crippen LogP contribution in [0.3, 0.4) is 0 Å². The molecule has 0 aromatic carbocycles. The molecular formula is C16H25N3O. The van der Waals surface area contributed by atoms with Crippen LogP contribution >= 0.6 is 0 Å². The molecule has 4 nitrogen and oxygen atoms in total. The highest BCUT2D eigenvalue weighted by Gasteiger charge is 2.20. The van der Waals surface area contributed by atoms with Crippen molar-refractivity contribution in [1.29, 1.82) is 0 Å². The van der Waals surface area contributed by atoms with Crippen LogP contribution in [0.25, 0.3) is 0 Å². The smallest absolute Gasteiger partial charge is 0.127 e. The number of hydrogen-bond donors (Lipinski definition) is 1. The Balaban J connectivity index is 2.28. The Morgan fingerprint density at radius 3 is 2.70 bits per heavy atom. The maximum atomic E-state index is 5.95. The second kappa shape index (κ2) is 7.29. The van der Waals surface area contributed by atoms with E-state index in [1.165, 1.54) is 5.69 Å². The van der Waals surface area contributed by atoms with Gasteiger partial charge in [-0.05, 0) is 37.6 Å². The Kier molecular flexibility index (Phi) is 5.41. The zero-order valence-corrected chi connectivity index (χ0v) is 12.7. The lowest BCUT2D eigenvalue weighted by atomic mass is 10.1. The largest absolute Gasteiger partial charge is 0.464 e. The molecule has 2 rings (SSSR count).